The summed E-state index contributed by atoms with van der Waals surface area (Å²) in [6.07, 6.45) is 92.4. The number of hydrogen-bond acceptors (Lipinski definition) is 6. The summed E-state index contributed by atoms with van der Waals surface area (Å²) < 4.78 is 16.9. The summed E-state index contributed by atoms with van der Waals surface area (Å²) in [6, 6.07) is 0. The third-order valence-electron chi connectivity index (χ3n) is 15.9. The van der Waals surface area contributed by atoms with Crippen molar-refractivity contribution >= 4 is 17.9 Å². The molecule has 82 heavy (non-hydrogen) atoms. The van der Waals surface area contributed by atoms with Gasteiger partial charge in [-0.15, -0.1) is 0 Å². The molecule has 0 fully saturated rings. The van der Waals surface area contributed by atoms with Gasteiger partial charge in [0, 0.05) is 19.3 Å². The third kappa shape index (κ3) is 67.6. The Balaban J connectivity index is 4.06. The molecule has 0 bridgehead atoms. The lowest BCUT2D eigenvalue weighted by Crippen LogP contribution is -2.30. The van der Waals surface area contributed by atoms with Crippen molar-refractivity contribution < 1.29 is 28.6 Å². The minimum atomic E-state index is -0.774. The smallest absolute Gasteiger partial charge is 0.306 e. The molecular weight excluding hydrogens is 1010 g/mol. The number of ether oxygens (including phenoxy) is 3. The van der Waals surface area contributed by atoms with Crippen LogP contribution in [0.15, 0.2) is 72.9 Å². The van der Waals surface area contributed by atoms with Gasteiger partial charge in [0.05, 0.1) is 0 Å². The van der Waals surface area contributed by atoms with E-state index in [-0.39, 0.29) is 31.1 Å². The number of hydrogen-bond donors (Lipinski definition) is 0. The van der Waals surface area contributed by atoms with E-state index in [2.05, 4.69) is 93.7 Å². The largest absolute Gasteiger partial charge is 0.462 e. The molecule has 0 aromatic rings. The number of esters is 3. The number of unbranched alkanes of at least 4 members (excludes halogenated alkanes) is 43. The van der Waals surface area contributed by atoms with Crippen molar-refractivity contribution in [1.82, 2.24) is 0 Å². The molecule has 0 spiro atoms. The van der Waals surface area contributed by atoms with Crippen LogP contribution >= 0.6 is 0 Å². The van der Waals surface area contributed by atoms with E-state index in [1.807, 2.05) is 0 Å². The zero-order chi connectivity index (χ0) is 59.2. The minimum Gasteiger partial charge on any atom is -0.462 e. The first-order valence-electron chi connectivity index (χ1n) is 35.9. The van der Waals surface area contributed by atoms with Crippen LogP contribution in [0.2, 0.25) is 0 Å². The average molecular weight is 1150 g/mol. The van der Waals surface area contributed by atoms with Crippen LogP contribution in [0.25, 0.3) is 0 Å². The second-order valence-corrected chi connectivity index (χ2v) is 24.1. The molecule has 0 amide bonds. The van der Waals surface area contributed by atoms with Crippen molar-refractivity contribution in [2.75, 3.05) is 13.2 Å². The number of carbonyl (C=O) groups is 3. The highest BCUT2D eigenvalue weighted by molar-refractivity contribution is 5.71. The molecule has 0 aliphatic carbocycles. The minimum absolute atomic E-state index is 0.0714. The van der Waals surface area contributed by atoms with Crippen LogP contribution < -0.4 is 0 Å². The molecule has 0 saturated carbocycles. The maximum absolute atomic E-state index is 12.9. The van der Waals surface area contributed by atoms with Gasteiger partial charge in [0.25, 0.3) is 0 Å². The van der Waals surface area contributed by atoms with Gasteiger partial charge in [-0.05, 0) is 83.5 Å². The molecule has 476 valence electrons. The van der Waals surface area contributed by atoms with Crippen molar-refractivity contribution in [1.29, 1.82) is 0 Å². The fourth-order valence-electron chi connectivity index (χ4n) is 10.6. The van der Waals surface area contributed by atoms with Crippen molar-refractivity contribution in [3.05, 3.63) is 72.9 Å². The topological polar surface area (TPSA) is 78.9 Å². The second-order valence-electron chi connectivity index (χ2n) is 24.1. The quantitative estimate of drug-likeness (QED) is 0.0261. The highest BCUT2D eigenvalue weighted by atomic mass is 16.6. The van der Waals surface area contributed by atoms with Crippen LogP contribution in [0, 0.1) is 0 Å². The lowest BCUT2D eigenvalue weighted by atomic mass is 10.0. The second kappa shape index (κ2) is 70.3. The number of rotatable bonds is 66. The molecular formula is C76H136O6. The molecule has 6 heteroatoms. The Kier molecular flexibility index (Phi) is 67.6. The number of carbonyl (C=O) groups excluding carboxylic acids is 3. The van der Waals surface area contributed by atoms with Crippen LogP contribution in [0.5, 0.6) is 0 Å². The first-order chi connectivity index (χ1) is 40.5. The fraction of sp³-hybridized carbons (Fsp3) is 0.803. The van der Waals surface area contributed by atoms with Crippen molar-refractivity contribution in [2.45, 2.75) is 380 Å². The summed E-state index contributed by atoms with van der Waals surface area (Å²) in [4.78, 5) is 38.3. The van der Waals surface area contributed by atoms with E-state index in [1.165, 1.54) is 231 Å². The molecule has 0 aliphatic heterocycles. The third-order valence-corrected chi connectivity index (χ3v) is 15.9. The molecule has 0 saturated heterocycles. The van der Waals surface area contributed by atoms with E-state index < -0.39 is 6.10 Å². The van der Waals surface area contributed by atoms with Crippen molar-refractivity contribution in [2.24, 2.45) is 0 Å². The molecule has 0 radical (unpaired) electrons. The SMILES string of the molecule is CC/C=C\C/C=C\C/C=C\C/C=C\C/C=C\CCCCCCCCCCCCCCCCCCCCCC(=O)OCC(COC(=O)CCCCCCC/C=C\CCC)OC(=O)CCCCCCCCCCCCCCCCCCCCC. The molecule has 0 N–H and O–H groups in total. The molecule has 0 aromatic heterocycles. The molecule has 0 heterocycles. The van der Waals surface area contributed by atoms with Gasteiger partial charge in [0.15, 0.2) is 6.10 Å². The lowest BCUT2D eigenvalue weighted by molar-refractivity contribution is -0.167. The van der Waals surface area contributed by atoms with Gasteiger partial charge in [-0.25, -0.2) is 0 Å². The zero-order valence-electron chi connectivity index (χ0n) is 54.8. The van der Waals surface area contributed by atoms with E-state index in [1.54, 1.807) is 0 Å². The summed E-state index contributed by atoms with van der Waals surface area (Å²) in [5.41, 5.74) is 0. The summed E-state index contributed by atoms with van der Waals surface area (Å²) >= 11 is 0. The van der Waals surface area contributed by atoms with Gasteiger partial charge >= 0.3 is 17.9 Å². The monoisotopic (exact) mass is 1150 g/mol. The van der Waals surface area contributed by atoms with Crippen molar-refractivity contribution in [3.8, 4) is 0 Å². The standard InChI is InChI=1S/C76H136O6/c1-4-7-10-13-16-19-22-24-26-28-30-31-32-33-34-35-36-37-38-39-40-41-42-43-44-45-47-48-50-52-54-57-60-63-66-69-75(78)81-72-73(71-80-74(77)68-65-62-59-56-21-18-15-12-9-6-3)82-76(79)70-67-64-61-58-55-53-51-49-46-29-27-25-23-20-17-14-11-8-5-2/h7,10,12,15-16,19,24,26,30-31,33-34,73H,4-6,8-9,11,13-14,17-18,20-23,25,27-29,32,35-72H2,1-3H3/b10-7-,15-12-,19-16-,26-24-,31-30-,34-33-. The zero-order valence-corrected chi connectivity index (χ0v) is 54.8. The van der Waals surface area contributed by atoms with Crippen LogP contribution in [-0.2, 0) is 28.6 Å². The van der Waals surface area contributed by atoms with E-state index >= 15 is 0 Å². The van der Waals surface area contributed by atoms with Gasteiger partial charge in [-0.2, -0.15) is 0 Å². The van der Waals surface area contributed by atoms with E-state index in [4.69, 9.17) is 14.2 Å². The fourth-order valence-corrected chi connectivity index (χ4v) is 10.6. The highest BCUT2D eigenvalue weighted by Gasteiger charge is 2.19. The first kappa shape index (κ1) is 78.8. The maximum Gasteiger partial charge on any atom is 0.306 e. The molecule has 0 aromatic carbocycles. The van der Waals surface area contributed by atoms with E-state index in [0.29, 0.717) is 19.3 Å². The first-order valence-corrected chi connectivity index (χ1v) is 35.9. The Morgan fingerprint density at radius 2 is 0.500 bits per heavy atom. The lowest BCUT2D eigenvalue weighted by Gasteiger charge is -2.18. The van der Waals surface area contributed by atoms with Crippen molar-refractivity contribution in [3.63, 3.8) is 0 Å². The van der Waals surface area contributed by atoms with Crippen LogP contribution in [0.4, 0.5) is 0 Å². The average Bonchev–Trinajstić information content (AvgIpc) is 3.48. The van der Waals surface area contributed by atoms with Gasteiger partial charge in [-0.3, -0.25) is 14.4 Å². The number of allylic oxidation sites excluding steroid dienone is 12. The Bertz CT molecular complexity index is 1500. The highest BCUT2D eigenvalue weighted by Crippen LogP contribution is 2.18. The van der Waals surface area contributed by atoms with E-state index in [9.17, 15) is 14.4 Å². The van der Waals surface area contributed by atoms with Crippen LogP contribution in [0.3, 0.4) is 0 Å². The van der Waals surface area contributed by atoms with Gasteiger partial charge in [-0.1, -0.05) is 344 Å². The molecule has 0 aliphatic rings. The Morgan fingerprint density at radius 3 is 0.805 bits per heavy atom. The maximum atomic E-state index is 12.9. The summed E-state index contributed by atoms with van der Waals surface area (Å²) in [5, 5.41) is 0. The summed E-state index contributed by atoms with van der Waals surface area (Å²) in [6.45, 7) is 6.52. The van der Waals surface area contributed by atoms with Crippen LogP contribution in [-0.4, -0.2) is 37.2 Å². The van der Waals surface area contributed by atoms with Crippen LogP contribution in [0.1, 0.15) is 374 Å². The van der Waals surface area contributed by atoms with Gasteiger partial charge < -0.3 is 14.2 Å². The summed E-state index contributed by atoms with van der Waals surface area (Å²) in [7, 11) is 0. The molecule has 6 nitrogen and oxygen atoms in total. The Hall–Kier alpha value is -3.15. The predicted octanol–water partition coefficient (Wildman–Crippen LogP) is 24.8. The Labute approximate surface area is 510 Å². The predicted molar refractivity (Wildman–Crippen MR) is 358 cm³/mol. The molecule has 1 unspecified atom stereocenters. The van der Waals surface area contributed by atoms with E-state index in [0.717, 1.165) is 103 Å². The van der Waals surface area contributed by atoms with Gasteiger partial charge in [0.2, 0.25) is 0 Å². The Morgan fingerprint density at radius 1 is 0.256 bits per heavy atom. The van der Waals surface area contributed by atoms with Gasteiger partial charge in [0.1, 0.15) is 13.2 Å². The molecule has 1 atom stereocenters. The summed E-state index contributed by atoms with van der Waals surface area (Å²) in [5.74, 6) is -0.858. The molecule has 0 rings (SSSR count). The normalized spacial score (nSPS) is 12.5.